The number of anilines is 2. The monoisotopic (exact) mass is 268 g/mol. The van der Waals surface area contributed by atoms with Crippen LogP contribution < -0.4 is 10.5 Å². The molecule has 2 aromatic rings. The number of hydrogen-bond donors (Lipinski definition) is 2. The lowest BCUT2D eigenvalue weighted by Gasteiger charge is -2.06. The third-order valence-corrected chi connectivity index (χ3v) is 3.43. The molecule has 96 valence electrons. The van der Waals surface area contributed by atoms with Gasteiger partial charge >= 0.3 is 6.01 Å². The van der Waals surface area contributed by atoms with Crippen LogP contribution in [0.3, 0.4) is 0 Å². The van der Waals surface area contributed by atoms with Gasteiger partial charge in [0.05, 0.1) is 4.90 Å². The summed E-state index contributed by atoms with van der Waals surface area (Å²) >= 11 is 0. The molecule has 0 bridgehead atoms. The summed E-state index contributed by atoms with van der Waals surface area (Å²) in [4.78, 5) is 0.0517. The summed E-state index contributed by atoms with van der Waals surface area (Å²) in [6.45, 7) is 3.32. The van der Waals surface area contributed by atoms with Crippen LogP contribution in [0.25, 0.3) is 0 Å². The van der Waals surface area contributed by atoms with Gasteiger partial charge in [-0.25, -0.2) is 13.1 Å². The average Bonchev–Trinajstić information content (AvgIpc) is 2.61. The zero-order chi connectivity index (χ0) is 13.3. The molecule has 7 nitrogen and oxygen atoms in total. The molecule has 0 amide bonds. The second-order valence-corrected chi connectivity index (χ2v) is 5.49. The summed E-state index contributed by atoms with van der Waals surface area (Å²) in [5, 5.41) is 7.09. The molecule has 1 heterocycles. The summed E-state index contributed by atoms with van der Waals surface area (Å²) in [5.41, 5.74) is 6.73. The highest BCUT2D eigenvalue weighted by atomic mass is 32.2. The van der Waals surface area contributed by atoms with Crippen LogP contribution >= 0.6 is 0 Å². The van der Waals surface area contributed by atoms with Crippen molar-refractivity contribution in [3.8, 4) is 0 Å². The fourth-order valence-electron chi connectivity index (χ4n) is 1.44. The first kappa shape index (κ1) is 12.4. The first-order valence-corrected chi connectivity index (χ1v) is 6.55. The molecule has 0 saturated heterocycles. The Balaban J connectivity index is 2.36. The third-order valence-electron chi connectivity index (χ3n) is 2.13. The van der Waals surface area contributed by atoms with Gasteiger partial charge in [-0.2, -0.15) is 0 Å². The first-order valence-electron chi connectivity index (χ1n) is 5.07. The highest BCUT2D eigenvalue weighted by Crippen LogP contribution is 2.19. The molecule has 0 aliphatic carbocycles. The topological polar surface area (TPSA) is 111 Å². The van der Waals surface area contributed by atoms with Crippen molar-refractivity contribution in [1.29, 1.82) is 0 Å². The number of aryl methyl sites for hydroxylation is 2. The number of nitrogens with one attached hydrogen (secondary N) is 1. The van der Waals surface area contributed by atoms with E-state index in [0.29, 0.717) is 5.69 Å². The van der Waals surface area contributed by atoms with Crippen LogP contribution in [0, 0.1) is 13.8 Å². The molecular formula is C10H12N4O3S. The normalized spacial score (nSPS) is 11.4. The fourth-order valence-corrected chi connectivity index (χ4v) is 2.51. The van der Waals surface area contributed by atoms with Crippen molar-refractivity contribution >= 4 is 21.7 Å². The number of nitrogen functional groups attached to an aromatic ring is 1. The van der Waals surface area contributed by atoms with Crippen LogP contribution in [0.5, 0.6) is 0 Å². The van der Waals surface area contributed by atoms with Crippen molar-refractivity contribution in [3.05, 3.63) is 29.7 Å². The van der Waals surface area contributed by atoms with E-state index in [0.717, 1.165) is 5.56 Å². The van der Waals surface area contributed by atoms with E-state index in [-0.39, 0.29) is 16.8 Å². The molecule has 1 aromatic carbocycles. The quantitative estimate of drug-likeness (QED) is 0.805. The number of aromatic nitrogens is 2. The van der Waals surface area contributed by atoms with Crippen LogP contribution in [-0.4, -0.2) is 18.6 Å². The molecule has 0 atom stereocenters. The molecule has 1 aromatic heterocycles. The van der Waals surface area contributed by atoms with Crippen LogP contribution in [0.15, 0.2) is 27.5 Å². The minimum atomic E-state index is -3.77. The van der Waals surface area contributed by atoms with E-state index in [1.165, 1.54) is 12.1 Å². The van der Waals surface area contributed by atoms with Gasteiger partial charge < -0.3 is 10.2 Å². The van der Waals surface area contributed by atoms with E-state index >= 15 is 0 Å². The van der Waals surface area contributed by atoms with Crippen molar-refractivity contribution in [3.63, 3.8) is 0 Å². The SMILES string of the molecule is Cc1cc(N)cc(S(=O)(=O)Nc2nnc(C)o2)c1. The summed E-state index contributed by atoms with van der Waals surface area (Å²) in [6, 6.07) is 4.36. The van der Waals surface area contributed by atoms with Crippen molar-refractivity contribution in [2.75, 3.05) is 10.5 Å². The summed E-state index contributed by atoms with van der Waals surface area (Å²) in [7, 11) is -3.77. The number of hydrogen-bond acceptors (Lipinski definition) is 6. The fraction of sp³-hybridized carbons (Fsp3) is 0.200. The number of sulfonamides is 1. The van der Waals surface area contributed by atoms with Gasteiger partial charge in [-0.1, -0.05) is 5.10 Å². The number of benzene rings is 1. The van der Waals surface area contributed by atoms with Gasteiger partial charge in [-0.3, -0.25) is 0 Å². The Kier molecular flexibility index (Phi) is 2.95. The lowest BCUT2D eigenvalue weighted by Crippen LogP contribution is -2.13. The van der Waals surface area contributed by atoms with Gasteiger partial charge in [0.2, 0.25) is 5.89 Å². The van der Waals surface area contributed by atoms with Crippen LogP contribution in [0.1, 0.15) is 11.5 Å². The maximum absolute atomic E-state index is 12.0. The van der Waals surface area contributed by atoms with Crippen molar-refractivity contribution in [2.45, 2.75) is 18.7 Å². The largest absolute Gasteiger partial charge is 0.408 e. The molecule has 18 heavy (non-hydrogen) atoms. The van der Waals surface area contributed by atoms with Gasteiger partial charge in [0.1, 0.15) is 0 Å². The van der Waals surface area contributed by atoms with Gasteiger partial charge in [-0.15, -0.1) is 5.10 Å². The van der Waals surface area contributed by atoms with E-state index in [1.807, 2.05) is 0 Å². The standard InChI is InChI=1S/C10H12N4O3S/c1-6-3-8(11)5-9(4-6)18(15,16)14-10-13-12-7(2)17-10/h3-5H,11H2,1-2H3,(H,13,14). The highest BCUT2D eigenvalue weighted by molar-refractivity contribution is 7.92. The van der Waals surface area contributed by atoms with Crippen LogP contribution in [0.4, 0.5) is 11.7 Å². The molecule has 0 aliphatic rings. The highest BCUT2D eigenvalue weighted by Gasteiger charge is 2.18. The second-order valence-electron chi connectivity index (χ2n) is 3.81. The van der Waals surface area contributed by atoms with E-state index in [4.69, 9.17) is 10.2 Å². The molecule has 2 rings (SSSR count). The van der Waals surface area contributed by atoms with Gasteiger partial charge in [0, 0.05) is 12.6 Å². The predicted molar refractivity (Wildman–Crippen MR) is 65.4 cm³/mol. The Morgan fingerprint density at radius 1 is 1.22 bits per heavy atom. The maximum atomic E-state index is 12.0. The molecule has 0 saturated carbocycles. The maximum Gasteiger partial charge on any atom is 0.329 e. The Bertz CT molecular complexity index is 658. The Morgan fingerprint density at radius 3 is 2.50 bits per heavy atom. The zero-order valence-corrected chi connectivity index (χ0v) is 10.7. The van der Waals surface area contributed by atoms with Crippen molar-refractivity contribution in [2.24, 2.45) is 0 Å². The van der Waals surface area contributed by atoms with E-state index in [2.05, 4.69) is 14.9 Å². The summed E-state index contributed by atoms with van der Waals surface area (Å²) in [6.07, 6.45) is 0. The molecule has 0 radical (unpaired) electrons. The third kappa shape index (κ3) is 2.59. The van der Waals surface area contributed by atoms with Gasteiger partial charge in [0.25, 0.3) is 10.0 Å². The minimum Gasteiger partial charge on any atom is -0.408 e. The lowest BCUT2D eigenvalue weighted by molar-refractivity contribution is 0.534. The number of nitrogens with two attached hydrogens (primary N) is 1. The van der Waals surface area contributed by atoms with E-state index in [9.17, 15) is 8.42 Å². The van der Waals surface area contributed by atoms with Crippen LogP contribution in [0.2, 0.25) is 0 Å². The first-order chi connectivity index (χ1) is 8.37. The Hall–Kier alpha value is -2.09. The Morgan fingerprint density at radius 2 is 1.94 bits per heavy atom. The van der Waals surface area contributed by atoms with Crippen LogP contribution in [-0.2, 0) is 10.0 Å². The van der Waals surface area contributed by atoms with Crippen molar-refractivity contribution in [1.82, 2.24) is 10.2 Å². The minimum absolute atomic E-state index is 0.0517. The summed E-state index contributed by atoms with van der Waals surface area (Å²) < 4.78 is 31.2. The molecule has 3 N–H and O–H groups in total. The Labute approximate surface area is 104 Å². The molecule has 0 spiro atoms. The summed E-state index contributed by atoms with van der Waals surface area (Å²) in [5.74, 6) is 0.274. The zero-order valence-electron chi connectivity index (χ0n) is 9.84. The molecule has 0 fully saturated rings. The molecule has 8 heteroatoms. The molecule has 0 unspecified atom stereocenters. The van der Waals surface area contributed by atoms with Gasteiger partial charge in [-0.05, 0) is 30.7 Å². The number of nitrogens with zero attached hydrogens (tertiary/aromatic N) is 2. The predicted octanol–water partition coefficient (Wildman–Crippen LogP) is 1.07. The molecule has 0 aliphatic heterocycles. The average molecular weight is 268 g/mol. The van der Waals surface area contributed by atoms with Crippen molar-refractivity contribution < 1.29 is 12.8 Å². The van der Waals surface area contributed by atoms with Gasteiger partial charge in [0.15, 0.2) is 0 Å². The van der Waals surface area contributed by atoms with E-state index in [1.54, 1.807) is 19.9 Å². The lowest BCUT2D eigenvalue weighted by atomic mass is 10.2. The van der Waals surface area contributed by atoms with E-state index < -0.39 is 10.0 Å². The second kappa shape index (κ2) is 4.30. The molecular weight excluding hydrogens is 256 g/mol. The smallest absolute Gasteiger partial charge is 0.329 e. The number of rotatable bonds is 3.